The van der Waals surface area contributed by atoms with Crippen LogP contribution >= 0.6 is 11.8 Å². The van der Waals surface area contributed by atoms with Crippen molar-refractivity contribution < 1.29 is 13.6 Å². The fraction of sp³-hybridized carbons (Fsp3) is 0.182. The second-order valence-corrected chi connectivity index (χ2v) is 4.48. The molecule has 18 heavy (non-hydrogen) atoms. The van der Waals surface area contributed by atoms with E-state index in [4.69, 9.17) is 0 Å². The number of rotatable bonds is 4. The number of hydrogen-bond acceptors (Lipinski definition) is 4. The number of ketones is 1. The van der Waals surface area contributed by atoms with Gasteiger partial charge in [-0.3, -0.25) is 4.79 Å². The van der Waals surface area contributed by atoms with Crippen molar-refractivity contribution >= 4 is 17.5 Å². The summed E-state index contributed by atoms with van der Waals surface area (Å²) in [5.74, 6) is -2.40. The predicted molar refractivity (Wildman–Crippen MR) is 62.4 cm³/mol. The van der Waals surface area contributed by atoms with Crippen LogP contribution in [-0.4, -0.2) is 26.3 Å². The first kappa shape index (κ1) is 12.7. The van der Waals surface area contributed by atoms with Crippen LogP contribution in [0.4, 0.5) is 8.78 Å². The molecule has 0 aliphatic carbocycles. The van der Waals surface area contributed by atoms with Crippen LogP contribution in [0.3, 0.4) is 0 Å². The third-order valence-electron chi connectivity index (χ3n) is 2.24. The zero-order valence-corrected chi connectivity index (χ0v) is 10.2. The van der Waals surface area contributed by atoms with Gasteiger partial charge in [-0.1, -0.05) is 17.8 Å². The Bertz CT molecular complexity index is 565. The minimum Gasteiger partial charge on any atom is -0.312 e. The van der Waals surface area contributed by atoms with Gasteiger partial charge in [0.1, 0.15) is 18.0 Å². The van der Waals surface area contributed by atoms with Crippen molar-refractivity contribution in [2.75, 3.05) is 5.75 Å². The summed E-state index contributed by atoms with van der Waals surface area (Å²) in [6, 6.07) is 3.34. The molecule has 7 heteroatoms. The Labute approximate surface area is 106 Å². The first-order valence-electron chi connectivity index (χ1n) is 5.03. The number of thioether (sulfide) groups is 1. The summed E-state index contributed by atoms with van der Waals surface area (Å²) in [5, 5.41) is 7.92. The Morgan fingerprint density at radius 2 is 2.06 bits per heavy atom. The van der Waals surface area contributed by atoms with Crippen molar-refractivity contribution in [1.82, 2.24) is 14.8 Å². The van der Waals surface area contributed by atoms with Gasteiger partial charge < -0.3 is 4.57 Å². The lowest BCUT2D eigenvalue weighted by Crippen LogP contribution is -2.09. The van der Waals surface area contributed by atoms with E-state index in [0.29, 0.717) is 5.16 Å². The smallest absolute Gasteiger partial charge is 0.191 e. The number of halogens is 2. The molecule has 0 aliphatic heterocycles. The SMILES string of the molecule is Cn1cnnc1SCC(=O)c1c(F)cccc1F. The fourth-order valence-corrected chi connectivity index (χ4v) is 2.13. The van der Waals surface area contributed by atoms with Crippen molar-refractivity contribution in [2.45, 2.75) is 5.16 Å². The molecule has 0 atom stereocenters. The second-order valence-electron chi connectivity index (χ2n) is 3.53. The van der Waals surface area contributed by atoms with E-state index < -0.39 is 23.0 Å². The Morgan fingerprint density at radius 3 is 2.61 bits per heavy atom. The van der Waals surface area contributed by atoms with Crippen LogP contribution in [0, 0.1) is 11.6 Å². The van der Waals surface area contributed by atoms with Crippen LogP contribution in [0.25, 0.3) is 0 Å². The first-order chi connectivity index (χ1) is 8.59. The Kier molecular flexibility index (Phi) is 3.71. The standard InChI is InChI=1S/C11H9F2N3OS/c1-16-6-14-15-11(16)18-5-9(17)10-7(12)3-2-4-8(10)13/h2-4,6H,5H2,1H3. The topological polar surface area (TPSA) is 47.8 Å². The molecule has 0 saturated carbocycles. The molecule has 0 bridgehead atoms. The van der Waals surface area contributed by atoms with Gasteiger partial charge in [0.05, 0.1) is 11.3 Å². The van der Waals surface area contributed by atoms with Crippen molar-refractivity contribution in [2.24, 2.45) is 7.05 Å². The molecule has 0 amide bonds. The summed E-state index contributed by atoms with van der Waals surface area (Å²) >= 11 is 1.08. The van der Waals surface area contributed by atoms with Gasteiger partial charge in [0, 0.05) is 7.05 Å². The second kappa shape index (κ2) is 5.26. The maximum absolute atomic E-state index is 13.3. The van der Waals surface area contributed by atoms with Crippen LogP contribution in [0.15, 0.2) is 29.7 Å². The average Bonchev–Trinajstić information content (AvgIpc) is 2.72. The Morgan fingerprint density at radius 1 is 1.39 bits per heavy atom. The molecular weight excluding hydrogens is 260 g/mol. The monoisotopic (exact) mass is 269 g/mol. The van der Waals surface area contributed by atoms with E-state index in [1.165, 1.54) is 12.4 Å². The van der Waals surface area contributed by atoms with E-state index in [1.54, 1.807) is 11.6 Å². The van der Waals surface area contributed by atoms with Crippen LogP contribution in [0.2, 0.25) is 0 Å². The first-order valence-corrected chi connectivity index (χ1v) is 6.02. The molecule has 0 radical (unpaired) electrons. The highest BCUT2D eigenvalue weighted by Crippen LogP contribution is 2.19. The van der Waals surface area contributed by atoms with Gasteiger partial charge in [-0.05, 0) is 12.1 Å². The molecule has 2 aromatic rings. The number of carbonyl (C=O) groups is 1. The van der Waals surface area contributed by atoms with Gasteiger partial charge in [0.2, 0.25) is 0 Å². The van der Waals surface area contributed by atoms with Gasteiger partial charge in [-0.2, -0.15) is 0 Å². The molecule has 1 aromatic carbocycles. The van der Waals surface area contributed by atoms with Gasteiger partial charge in [-0.15, -0.1) is 10.2 Å². The van der Waals surface area contributed by atoms with E-state index >= 15 is 0 Å². The van der Waals surface area contributed by atoms with E-state index in [2.05, 4.69) is 10.2 Å². The molecule has 0 unspecified atom stereocenters. The minimum atomic E-state index is -0.849. The molecule has 0 spiro atoms. The Balaban J connectivity index is 2.11. The van der Waals surface area contributed by atoms with Gasteiger partial charge in [-0.25, -0.2) is 8.78 Å². The summed E-state index contributed by atoms with van der Waals surface area (Å²) in [4.78, 5) is 11.7. The van der Waals surface area contributed by atoms with E-state index in [9.17, 15) is 13.6 Å². The number of carbonyl (C=O) groups excluding carboxylic acids is 1. The Hall–Kier alpha value is -1.76. The molecule has 0 aliphatic rings. The number of aromatic nitrogens is 3. The number of hydrogen-bond donors (Lipinski definition) is 0. The number of aryl methyl sites for hydroxylation is 1. The summed E-state index contributed by atoms with van der Waals surface area (Å²) < 4.78 is 28.3. The highest BCUT2D eigenvalue weighted by molar-refractivity contribution is 7.99. The van der Waals surface area contributed by atoms with E-state index in [1.807, 2.05) is 0 Å². The zero-order chi connectivity index (χ0) is 13.1. The van der Waals surface area contributed by atoms with E-state index in [-0.39, 0.29) is 5.75 Å². The number of benzene rings is 1. The lowest BCUT2D eigenvalue weighted by molar-refractivity contribution is 0.101. The van der Waals surface area contributed by atoms with Gasteiger partial charge in [0.25, 0.3) is 0 Å². The molecular formula is C11H9F2N3OS. The molecule has 1 aromatic heterocycles. The molecule has 94 valence electrons. The lowest BCUT2D eigenvalue weighted by Gasteiger charge is -2.03. The third-order valence-corrected chi connectivity index (χ3v) is 3.28. The third kappa shape index (κ3) is 2.56. The maximum atomic E-state index is 13.3. The molecule has 1 heterocycles. The van der Waals surface area contributed by atoms with E-state index in [0.717, 1.165) is 23.9 Å². The van der Waals surface area contributed by atoms with Crippen LogP contribution in [0.5, 0.6) is 0 Å². The molecule has 0 saturated heterocycles. The van der Waals surface area contributed by atoms with Crippen molar-refractivity contribution in [1.29, 1.82) is 0 Å². The van der Waals surface area contributed by atoms with Crippen molar-refractivity contribution in [3.63, 3.8) is 0 Å². The molecule has 0 N–H and O–H groups in total. The highest BCUT2D eigenvalue weighted by atomic mass is 32.2. The maximum Gasteiger partial charge on any atom is 0.191 e. The van der Waals surface area contributed by atoms with Crippen LogP contribution in [0.1, 0.15) is 10.4 Å². The van der Waals surface area contributed by atoms with Crippen LogP contribution < -0.4 is 0 Å². The molecule has 0 fully saturated rings. The lowest BCUT2D eigenvalue weighted by atomic mass is 10.1. The van der Waals surface area contributed by atoms with Crippen LogP contribution in [-0.2, 0) is 7.05 Å². The highest BCUT2D eigenvalue weighted by Gasteiger charge is 2.17. The largest absolute Gasteiger partial charge is 0.312 e. The van der Waals surface area contributed by atoms with Crippen molar-refractivity contribution in [3.8, 4) is 0 Å². The zero-order valence-electron chi connectivity index (χ0n) is 9.43. The normalized spacial score (nSPS) is 10.6. The summed E-state index contributed by atoms with van der Waals surface area (Å²) in [5.41, 5.74) is -0.507. The van der Waals surface area contributed by atoms with Crippen molar-refractivity contribution in [3.05, 3.63) is 41.7 Å². The molecule has 4 nitrogen and oxygen atoms in total. The van der Waals surface area contributed by atoms with Gasteiger partial charge >= 0.3 is 0 Å². The quantitative estimate of drug-likeness (QED) is 0.629. The summed E-state index contributed by atoms with van der Waals surface area (Å²) in [6.07, 6.45) is 1.48. The number of nitrogens with zero attached hydrogens (tertiary/aromatic N) is 3. The predicted octanol–water partition coefficient (Wildman–Crippen LogP) is 2.07. The minimum absolute atomic E-state index is 0.0929. The summed E-state index contributed by atoms with van der Waals surface area (Å²) in [7, 11) is 1.72. The van der Waals surface area contributed by atoms with Gasteiger partial charge in [0.15, 0.2) is 10.9 Å². The fourth-order valence-electron chi connectivity index (χ4n) is 1.37. The summed E-state index contributed by atoms with van der Waals surface area (Å²) in [6.45, 7) is 0. The number of Topliss-reactive ketones (excluding diaryl/α,β-unsaturated/α-hetero) is 1. The molecule has 2 rings (SSSR count). The average molecular weight is 269 g/mol.